The standard InChI is InChI=1S/C14H11ClN2O3S2/c1-9-2-4-10(5-3-9)11-8-16-20-14(11)17-22(18,19)13-7-6-12(15)21-13/h2-8,17H,1H3. The highest BCUT2D eigenvalue weighted by Crippen LogP contribution is 2.32. The number of thiophene rings is 1. The van der Waals surface area contributed by atoms with Crippen molar-refractivity contribution in [2.45, 2.75) is 11.1 Å². The number of aromatic nitrogens is 1. The third-order valence-electron chi connectivity index (χ3n) is 2.97. The Balaban J connectivity index is 1.94. The fourth-order valence-electron chi connectivity index (χ4n) is 1.87. The number of rotatable bonds is 4. The number of nitrogens with zero attached hydrogens (tertiary/aromatic N) is 1. The van der Waals surface area contributed by atoms with Gasteiger partial charge in [0.2, 0.25) is 5.88 Å². The first kappa shape index (κ1) is 15.1. The van der Waals surface area contributed by atoms with E-state index >= 15 is 0 Å². The molecular formula is C14H11ClN2O3S2. The van der Waals surface area contributed by atoms with Crippen molar-refractivity contribution in [3.63, 3.8) is 0 Å². The Kier molecular flexibility index (Phi) is 3.94. The molecule has 3 rings (SSSR count). The largest absolute Gasteiger partial charge is 0.337 e. The van der Waals surface area contributed by atoms with E-state index in [-0.39, 0.29) is 10.1 Å². The van der Waals surface area contributed by atoms with Crippen molar-refractivity contribution in [2.24, 2.45) is 0 Å². The number of anilines is 1. The maximum absolute atomic E-state index is 12.3. The molecule has 0 atom stereocenters. The van der Waals surface area contributed by atoms with Crippen LogP contribution >= 0.6 is 22.9 Å². The van der Waals surface area contributed by atoms with E-state index in [1.165, 1.54) is 18.3 Å². The van der Waals surface area contributed by atoms with Gasteiger partial charge < -0.3 is 4.52 Å². The van der Waals surface area contributed by atoms with E-state index in [1.807, 2.05) is 31.2 Å². The molecule has 0 aliphatic rings. The number of benzene rings is 1. The van der Waals surface area contributed by atoms with Gasteiger partial charge >= 0.3 is 0 Å². The lowest BCUT2D eigenvalue weighted by molar-refractivity contribution is 0.436. The van der Waals surface area contributed by atoms with E-state index in [4.69, 9.17) is 16.1 Å². The molecule has 0 saturated carbocycles. The van der Waals surface area contributed by atoms with Crippen LogP contribution in [0.15, 0.2) is 51.3 Å². The normalized spacial score (nSPS) is 11.5. The highest BCUT2D eigenvalue weighted by Gasteiger charge is 2.21. The van der Waals surface area contributed by atoms with Gasteiger partial charge in [0, 0.05) is 0 Å². The van der Waals surface area contributed by atoms with Crippen LogP contribution in [0.4, 0.5) is 5.88 Å². The zero-order valence-electron chi connectivity index (χ0n) is 11.4. The molecule has 22 heavy (non-hydrogen) atoms. The third kappa shape index (κ3) is 3.01. The zero-order chi connectivity index (χ0) is 15.7. The van der Waals surface area contributed by atoms with Crippen molar-refractivity contribution in [1.29, 1.82) is 0 Å². The Bertz CT molecular complexity index is 898. The van der Waals surface area contributed by atoms with Crippen molar-refractivity contribution in [3.8, 4) is 11.1 Å². The van der Waals surface area contributed by atoms with Crippen LogP contribution in [0.1, 0.15) is 5.56 Å². The van der Waals surface area contributed by atoms with Crippen molar-refractivity contribution in [1.82, 2.24) is 5.16 Å². The van der Waals surface area contributed by atoms with Gasteiger partial charge in [-0.25, -0.2) is 13.1 Å². The number of sulfonamides is 1. The highest BCUT2D eigenvalue weighted by molar-refractivity contribution is 7.94. The lowest BCUT2D eigenvalue weighted by Crippen LogP contribution is -2.11. The lowest BCUT2D eigenvalue weighted by Gasteiger charge is -2.05. The number of nitrogens with one attached hydrogen (secondary N) is 1. The van der Waals surface area contributed by atoms with Gasteiger partial charge in [-0.2, -0.15) is 0 Å². The fraction of sp³-hybridized carbons (Fsp3) is 0.0714. The third-order valence-corrected chi connectivity index (χ3v) is 6.03. The van der Waals surface area contributed by atoms with E-state index in [0.717, 1.165) is 22.5 Å². The van der Waals surface area contributed by atoms with Gasteiger partial charge in [-0.1, -0.05) is 46.6 Å². The van der Waals surface area contributed by atoms with Gasteiger partial charge in [-0.05, 0) is 24.6 Å². The molecule has 0 amide bonds. The van der Waals surface area contributed by atoms with Crippen LogP contribution in [0, 0.1) is 6.92 Å². The van der Waals surface area contributed by atoms with Crippen molar-refractivity contribution >= 4 is 38.8 Å². The van der Waals surface area contributed by atoms with Gasteiger partial charge in [0.25, 0.3) is 10.0 Å². The summed E-state index contributed by atoms with van der Waals surface area (Å²) in [4.78, 5) is 0. The molecule has 1 N–H and O–H groups in total. The van der Waals surface area contributed by atoms with Crippen LogP contribution < -0.4 is 4.72 Å². The molecule has 2 aromatic heterocycles. The number of hydrogen-bond acceptors (Lipinski definition) is 5. The summed E-state index contributed by atoms with van der Waals surface area (Å²) < 4.78 is 32.6. The van der Waals surface area contributed by atoms with Gasteiger partial charge in [-0.3, -0.25) is 0 Å². The van der Waals surface area contributed by atoms with Gasteiger partial charge in [0.05, 0.1) is 16.1 Å². The predicted molar refractivity (Wildman–Crippen MR) is 86.8 cm³/mol. The first-order valence-electron chi connectivity index (χ1n) is 6.25. The van der Waals surface area contributed by atoms with Gasteiger partial charge in [-0.15, -0.1) is 11.3 Å². The number of halogens is 1. The molecule has 2 heterocycles. The molecule has 0 saturated heterocycles. The number of aryl methyl sites for hydroxylation is 1. The Morgan fingerprint density at radius 3 is 2.55 bits per heavy atom. The zero-order valence-corrected chi connectivity index (χ0v) is 13.8. The van der Waals surface area contributed by atoms with E-state index in [9.17, 15) is 8.42 Å². The summed E-state index contributed by atoms with van der Waals surface area (Å²) in [6, 6.07) is 10.6. The quantitative estimate of drug-likeness (QED) is 0.763. The molecule has 0 spiro atoms. The second-order valence-electron chi connectivity index (χ2n) is 4.60. The lowest BCUT2D eigenvalue weighted by atomic mass is 10.1. The molecule has 3 aromatic rings. The molecular weight excluding hydrogens is 344 g/mol. The minimum atomic E-state index is -3.75. The minimum absolute atomic E-state index is 0.0772. The molecule has 0 aliphatic heterocycles. The molecule has 0 bridgehead atoms. The SMILES string of the molecule is Cc1ccc(-c2cnoc2NS(=O)(=O)c2ccc(Cl)s2)cc1. The van der Waals surface area contributed by atoms with Crippen molar-refractivity contribution < 1.29 is 12.9 Å². The molecule has 0 radical (unpaired) electrons. The molecule has 114 valence electrons. The van der Waals surface area contributed by atoms with Crippen LogP contribution in [-0.4, -0.2) is 13.6 Å². The predicted octanol–water partition coefficient (Wildman–Crippen LogP) is 4.17. The summed E-state index contributed by atoms with van der Waals surface area (Å²) in [6.45, 7) is 1.97. The van der Waals surface area contributed by atoms with Crippen LogP contribution in [0.25, 0.3) is 11.1 Å². The Hall–Kier alpha value is -1.83. The summed E-state index contributed by atoms with van der Waals surface area (Å²) in [7, 11) is -3.75. The number of hydrogen-bond donors (Lipinski definition) is 1. The van der Waals surface area contributed by atoms with Crippen molar-refractivity contribution in [2.75, 3.05) is 4.72 Å². The highest BCUT2D eigenvalue weighted by atomic mass is 35.5. The summed E-state index contributed by atoms with van der Waals surface area (Å²) in [5, 5.41) is 3.68. The topological polar surface area (TPSA) is 72.2 Å². The second kappa shape index (κ2) is 5.75. The van der Waals surface area contributed by atoms with Gasteiger partial charge in [0.15, 0.2) is 0 Å². The van der Waals surface area contributed by atoms with Gasteiger partial charge in [0.1, 0.15) is 4.21 Å². The Morgan fingerprint density at radius 2 is 1.91 bits per heavy atom. The van der Waals surface area contributed by atoms with Crippen LogP contribution in [0.3, 0.4) is 0 Å². The second-order valence-corrected chi connectivity index (χ2v) is 8.22. The smallest absolute Gasteiger partial charge is 0.273 e. The maximum atomic E-state index is 12.3. The molecule has 0 fully saturated rings. The fourth-order valence-corrected chi connectivity index (χ4v) is 4.35. The van der Waals surface area contributed by atoms with E-state index in [1.54, 1.807) is 0 Å². The summed E-state index contributed by atoms with van der Waals surface area (Å²) in [5.41, 5.74) is 2.50. The minimum Gasteiger partial charge on any atom is -0.337 e. The monoisotopic (exact) mass is 354 g/mol. The molecule has 0 aliphatic carbocycles. The summed E-state index contributed by atoms with van der Waals surface area (Å²) >= 11 is 6.75. The average Bonchev–Trinajstić information content (AvgIpc) is 3.09. The van der Waals surface area contributed by atoms with Crippen LogP contribution in [-0.2, 0) is 10.0 Å². The average molecular weight is 355 g/mol. The first-order valence-corrected chi connectivity index (χ1v) is 8.93. The maximum Gasteiger partial charge on any atom is 0.273 e. The van der Waals surface area contributed by atoms with E-state index < -0.39 is 10.0 Å². The summed E-state index contributed by atoms with van der Waals surface area (Å²) in [5.74, 6) is 0.0772. The van der Waals surface area contributed by atoms with Crippen LogP contribution in [0.2, 0.25) is 4.34 Å². The first-order chi connectivity index (χ1) is 10.5. The van der Waals surface area contributed by atoms with E-state index in [0.29, 0.717) is 9.90 Å². The van der Waals surface area contributed by atoms with Crippen LogP contribution in [0.5, 0.6) is 0 Å². The molecule has 0 unspecified atom stereocenters. The van der Waals surface area contributed by atoms with E-state index in [2.05, 4.69) is 9.88 Å². The Labute approximate surface area is 136 Å². The Morgan fingerprint density at radius 1 is 1.18 bits per heavy atom. The summed E-state index contributed by atoms with van der Waals surface area (Å²) in [6.07, 6.45) is 1.48. The molecule has 8 heteroatoms. The van der Waals surface area contributed by atoms with Crippen molar-refractivity contribution in [3.05, 3.63) is 52.5 Å². The molecule has 1 aromatic carbocycles. The molecule has 5 nitrogen and oxygen atoms in total.